The highest BCUT2D eigenvalue weighted by molar-refractivity contribution is 7.12. The number of thiophene rings is 1. The summed E-state index contributed by atoms with van der Waals surface area (Å²) in [7, 11) is 0. The molecule has 1 amide bonds. The Hall–Kier alpha value is -2.80. The topological polar surface area (TPSA) is 89.5 Å². The van der Waals surface area contributed by atoms with Crippen molar-refractivity contribution in [1.82, 2.24) is 0 Å². The van der Waals surface area contributed by atoms with Gasteiger partial charge in [0.1, 0.15) is 0 Å². The van der Waals surface area contributed by atoms with Crippen molar-refractivity contribution in [3.05, 3.63) is 52.2 Å². The summed E-state index contributed by atoms with van der Waals surface area (Å²) in [5.41, 5.74) is 0.915. The Morgan fingerprint density at radius 2 is 1.88 bits per heavy atom. The van der Waals surface area contributed by atoms with E-state index in [2.05, 4.69) is 5.32 Å². The van der Waals surface area contributed by atoms with Gasteiger partial charge in [-0.05, 0) is 37.4 Å². The quantitative estimate of drug-likeness (QED) is 0.565. The fourth-order valence-corrected chi connectivity index (χ4v) is 2.84. The number of nitrogens with one attached hydrogen (secondary N) is 1. The summed E-state index contributed by atoms with van der Waals surface area (Å²) < 4.78 is 5.06. The molecular formula is C19H19NO5S. The molecule has 0 bridgehead atoms. The Bertz CT molecular complexity index is 813. The van der Waals surface area contributed by atoms with Crippen LogP contribution in [0.15, 0.2) is 41.8 Å². The number of Topliss-reactive ketones (excluding diaryl/α,β-unsaturated/α-hetero) is 2. The van der Waals surface area contributed by atoms with Gasteiger partial charge in [0, 0.05) is 17.7 Å². The van der Waals surface area contributed by atoms with Gasteiger partial charge in [-0.15, -0.1) is 11.3 Å². The van der Waals surface area contributed by atoms with Gasteiger partial charge in [0.15, 0.2) is 17.7 Å². The molecule has 7 heteroatoms. The number of ether oxygens (including phenoxy) is 1. The van der Waals surface area contributed by atoms with E-state index < -0.39 is 18.0 Å². The molecule has 2 rings (SSSR count). The summed E-state index contributed by atoms with van der Waals surface area (Å²) in [6, 6.07) is 9.95. The first-order chi connectivity index (χ1) is 12.4. The highest BCUT2D eigenvalue weighted by Gasteiger charge is 2.19. The second-order valence-corrected chi connectivity index (χ2v) is 6.61. The van der Waals surface area contributed by atoms with Crippen molar-refractivity contribution in [1.29, 1.82) is 0 Å². The van der Waals surface area contributed by atoms with Gasteiger partial charge in [-0.25, -0.2) is 0 Å². The minimum Gasteiger partial charge on any atom is -0.453 e. The van der Waals surface area contributed by atoms with E-state index in [1.165, 1.54) is 25.2 Å². The van der Waals surface area contributed by atoms with Gasteiger partial charge in [-0.1, -0.05) is 18.2 Å². The predicted molar refractivity (Wildman–Crippen MR) is 98.5 cm³/mol. The molecule has 1 atom stereocenters. The molecule has 0 saturated carbocycles. The molecular weight excluding hydrogens is 354 g/mol. The van der Waals surface area contributed by atoms with Crippen LogP contribution in [0.25, 0.3) is 0 Å². The molecule has 0 spiro atoms. The van der Waals surface area contributed by atoms with E-state index in [-0.39, 0.29) is 24.4 Å². The summed E-state index contributed by atoms with van der Waals surface area (Å²) in [6.07, 6.45) is -1.07. The van der Waals surface area contributed by atoms with Gasteiger partial charge in [-0.3, -0.25) is 19.2 Å². The van der Waals surface area contributed by atoms with Gasteiger partial charge >= 0.3 is 5.97 Å². The average molecular weight is 373 g/mol. The molecule has 0 fully saturated rings. The average Bonchev–Trinajstić information content (AvgIpc) is 3.14. The molecule has 2 aromatic rings. The first-order valence-electron chi connectivity index (χ1n) is 8.05. The SMILES string of the molecule is CC(=O)c1cccc(NC(=O)C(C)OC(=O)CCC(=O)c2cccs2)c1. The fourth-order valence-electron chi connectivity index (χ4n) is 2.15. The normalized spacial score (nSPS) is 11.5. The lowest BCUT2D eigenvalue weighted by molar-refractivity contribution is -0.153. The highest BCUT2D eigenvalue weighted by atomic mass is 32.1. The van der Waals surface area contributed by atoms with Crippen LogP contribution in [0.1, 0.15) is 46.7 Å². The maximum Gasteiger partial charge on any atom is 0.307 e. The van der Waals surface area contributed by atoms with Gasteiger partial charge in [0.05, 0.1) is 11.3 Å². The van der Waals surface area contributed by atoms with Crippen LogP contribution in [0.5, 0.6) is 0 Å². The van der Waals surface area contributed by atoms with E-state index in [9.17, 15) is 19.2 Å². The number of benzene rings is 1. The molecule has 0 aliphatic heterocycles. The number of rotatable bonds is 8. The Labute approximate surface area is 155 Å². The third kappa shape index (κ3) is 5.63. The third-order valence-corrected chi connectivity index (χ3v) is 4.48. The molecule has 1 unspecified atom stereocenters. The lowest BCUT2D eigenvalue weighted by Gasteiger charge is -2.13. The summed E-state index contributed by atoms with van der Waals surface area (Å²) in [4.78, 5) is 47.8. The number of esters is 1. The van der Waals surface area contributed by atoms with Crippen molar-refractivity contribution in [3.8, 4) is 0 Å². The van der Waals surface area contributed by atoms with Crippen LogP contribution >= 0.6 is 11.3 Å². The fraction of sp³-hybridized carbons (Fsp3) is 0.263. The minimum atomic E-state index is -1.01. The largest absolute Gasteiger partial charge is 0.453 e. The third-order valence-electron chi connectivity index (χ3n) is 3.57. The molecule has 0 radical (unpaired) electrons. The zero-order valence-corrected chi connectivity index (χ0v) is 15.3. The number of hydrogen-bond donors (Lipinski definition) is 1. The minimum absolute atomic E-state index is 0.0361. The van der Waals surface area contributed by atoms with E-state index in [0.29, 0.717) is 16.1 Å². The lowest BCUT2D eigenvalue weighted by Crippen LogP contribution is -2.30. The van der Waals surface area contributed by atoms with Crippen molar-refractivity contribution < 1.29 is 23.9 Å². The summed E-state index contributed by atoms with van der Waals surface area (Å²) >= 11 is 1.32. The molecule has 0 saturated heterocycles. The van der Waals surface area contributed by atoms with Crippen LogP contribution < -0.4 is 5.32 Å². The van der Waals surface area contributed by atoms with Gasteiger partial charge in [-0.2, -0.15) is 0 Å². The van der Waals surface area contributed by atoms with Crippen LogP contribution in [-0.2, 0) is 14.3 Å². The molecule has 0 aliphatic rings. The maximum atomic E-state index is 12.1. The number of ketones is 2. The highest BCUT2D eigenvalue weighted by Crippen LogP contribution is 2.14. The monoisotopic (exact) mass is 373 g/mol. The van der Waals surface area contributed by atoms with E-state index in [4.69, 9.17) is 4.74 Å². The standard InChI is InChI=1S/C19H19NO5S/c1-12(21)14-5-3-6-15(11-14)20-19(24)13(2)25-18(23)9-8-16(22)17-7-4-10-26-17/h3-7,10-11,13H,8-9H2,1-2H3,(H,20,24). The molecule has 1 aromatic heterocycles. The maximum absolute atomic E-state index is 12.1. The molecule has 1 aromatic carbocycles. The van der Waals surface area contributed by atoms with E-state index in [1.807, 2.05) is 0 Å². The number of anilines is 1. The molecule has 0 aliphatic carbocycles. The van der Waals surface area contributed by atoms with Gasteiger partial charge in [0.25, 0.3) is 5.91 Å². The molecule has 1 heterocycles. The van der Waals surface area contributed by atoms with E-state index in [1.54, 1.807) is 41.8 Å². The Balaban J connectivity index is 1.82. The smallest absolute Gasteiger partial charge is 0.307 e. The van der Waals surface area contributed by atoms with Crippen molar-refractivity contribution in [3.63, 3.8) is 0 Å². The Morgan fingerprint density at radius 3 is 2.54 bits per heavy atom. The Morgan fingerprint density at radius 1 is 1.12 bits per heavy atom. The molecule has 26 heavy (non-hydrogen) atoms. The summed E-state index contributed by atoms with van der Waals surface area (Å²) in [5.74, 6) is -1.37. The first kappa shape index (κ1) is 19.5. The van der Waals surface area contributed by atoms with E-state index in [0.717, 1.165) is 0 Å². The Kier molecular flexibility index (Phi) is 6.80. The van der Waals surface area contributed by atoms with Crippen LogP contribution in [0, 0.1) is 0 Å². The predicted octanol–water partition coefficient (Wildman–Crippen LogP) is 3.48. The van der Waals surface area contributed by atoms with Crippen molar-refractivity contribution in [2.24, 2.45) is 0 Å². The van der Waals surface area contributed by atoms with Crippen LogP contribution in [-0.4, -0.2) is 29.5 Å². The number of hydrogen-bond acceptors (Lipinski definition) is 6. The van der Waals surface area contributed by atoms with Gasteiger partial charge < -0.3 is 10.1 Å². The molecule has 136 valence electrons. The van der Waals surface area contributed by atoms with E-state index >= 15 is 0 Å². The number of carbonyl (C=O) groups is 4. The zero-order chi connectivity index (χ0) is 19.1. The molecule has 1 N–H and O–H groups in total. The lowest BCUT2D eigenvalue weighted by atomic mass is 10.1. The summed E-state index contributed by atoms with van der Waals surface area (Å²) in [6.45, 7) is 2.88. The second kappa shape index (κ2) is 9.05. The van der Waals surface area contributed by atoms with Crippen molar-refractivity contribution in [2.75, 3.05) is 5.32 Å². The van der Waals surface area contributed by atoms with Crippen molar-refractivity contribution in [2.45, 2.75) is 32.8 Å². The van der Waals surface area contributed by atoms with Crippen LogP contribution in [0.2, 0.25) is 0 Å². The van der Waals surface area contributed by atoms with Crippen LogP contribution in [0.3, 0.4) is 0 Å². The summed E-state index contributed by atoms with van der Waals surface area (Å²) in [5, 5.41) is 4.39. The number of amides is 1. The van der Waals surface area contributed by atoms with Gasteiger partial charge in [0.2, 0.25) is 0 Å². The number of carbonyl (C=O) groups excluding carboxylic acids is 4. The zero-order valence-electron chi connectivity index (χ0n) is 14.5. The molecule has 6 nitrogen and oxygen atoms in total. The van der Waals surface area contributed by atoms with Crippen LogP contribution in [0.4, 0.5) is 5.69 Å². The second-order valence-electron chi connectivity index (χ2n) is 5.66. The van der Waals surface area contributed by atoms with Crippen molar-refractivity contribution >= 4 is 40.5 Å². The first-order valence-corrected chi connectivity index (χ1v) is 8.93.